The highest BCUT2D eigenvalue weighted by molar-refractivity contribution is 14.1. The highest BCUT2D eigenvalue weighted by Gasteiger charge is 2.15. The predicted molar refractivity (Wildman–Crippen MR) is 140 cm³/mol. The molecule has 0 saturated heterocycles. The molecule has 3 aromatic carbocycles. The van der Waals surface area contributed by atoms with Gasteiger partial charge in [0.1, 0.15) is 0 Å². The van der Waals surface area contributed by atoms with Crippen molar-refractivity contribution in [3.8, 4) is 0 Å². The van der Waals surface area contributed by atoms with Crippen LogP contribution in [0.5, 0.6) is 0 Å². The van der Waals surface area contributed by atoms with E-state index >= 15 is 0 Å². The lowest BCUT2D eigenvalue weighted by Crippen LogP contribution is -2.20. The van der Waals surface area contributed by atoms with Crippen molar-refractivity contribution in [3.05, 3.63) is 91.0 Å². The van der Waals surface area contributed by atoms with Crippen molar-refractivity contribution in [1.82, 2.24) is 0 Å². The summed E-state index contributed by atoms with van der Waals surface area (Å²) < 4.78 is 1.36. The van der Waals surface area contributed by atoms with Crippen LogP contribution >= 0.6 is 30.5 Å². The molecule has 0 atom stereocenters. The molecule has 0 heterocycles. The van der Waals surface area contributed by atoms with Crippen molar-refractivity contribution in [2.24, 2.45) is 5.92 Å². The van der Waals surface area contributed by atoms with Crippen LogP contribution in [0, 0.1) is 5.92 Å². The maximum atomic E-state index is 2.48. The second kappa shape index (κ2) is 13.2. The topological polar surface area (TPSA) is 0 Å². The van der Waals surface area contributed by atoms with Crippen LogP contribution in [-0.4, -0.2) is 4.43 Å². The Hall–Kier alpha value is -1.18. The summed E-state index contributed by atoms with van der Waals surface area (Å²) in [6.07, 6.45) is 10.5. The van der Waals surface area contributed by atoms with Crippen molar-refractivity contribution in [2.45, 2.75) is 44.9 Å². The lowest BCUT2D eigenvalue weighted by atomic mass is 9.86. The summed E-state index contributed by atoms with van der Waals surface area (Å²) in [5, 5.41) is 4.19. The molecule has 3 aromatic rings. The Bertz CT molecular complexity index is 689. The van der Waals surface area contributed by atoms with E-state index in [0.29, 0.717) is 0 Å². The van der Waals surface area contributed by atoms with Gasteiger partial charge in [0.05, 0.1) is 0 Å². The molecule has 1 saturated carbocycles. The number of rotatable bonds is 6. The minimum atomic E-state index is -0.446. The molecule has 4 rings (SSSR count). The van der Waals surface area contributed by atoms with Crippen LogP contribution in [0.1, 0.15) is 44.9 Å². The van der Waals surface area contributed by atoms with E-state index < -0.39 is 7.92 Å². The minimum Gasteiger partial charge on any atom is -0.0864 e. The summed E-state index contributed by atoms with van der Waals surface area (Å²) in [7, 11) is -0.446. The average Bonchev–Trinajstić information content (AvgIpc) is 2.81. The fourth-order valence-electron chi connectivity index (χ4n) is 4.02. The van der Waals surface area contributed by atoms with Gasteiger partial charge in [-0.25, -0.2) is 0 Å². The smallest absolute Gasteiger partial charge is 0.000463 e. The van der Waals surface area contributed by atoms with Crippen molar-refractivity contribution < 1.29 is 0 Å². The third-order valence-corrected chi connectivity index (χ3v) is 8.72. The Morgan fingerprint density at radius 1 is 0.621 bits per heavy atom. The third kappa shape index (κ3) is 7.54. The van der Waals surface area contributed by atoms with E-state index in [4.69, 9.17) is 0 Å². The van der Waals surface area contributed by atoms with Crippen LogP contribution in [0.15, 0.2) is 91.0 Å². The van der Waals surface area contributed by atoms with Gasteiger partial charge in [-0.3, -0.25) is 0 Å². The molecule has 0 N–H and O–H groups in total. The molecule has 0 aromatic heterocycles. The van der Waals surface area contributed by atoms with Gasteiger partial charge in [-0.1, -0.05) is 146 Å². The molecule has 29 heavy (non-hydrogen) atoms. The van der Waals surface area contributed by atoms with Crippen LogP contribution in [0.3, 0.4) is 0 Å². The van der Waals surface area contributed by atoms with Gasteiger partial charge in [0.15, 0.2) is 0 Å². The highest BCUT2D eigenvalue weighted by atomic mass is 127. The molecule has 152 valence electrons. The van der Waals surface area contributed by atoms with E-state index in [0.717, 1.165) is 5.92 Å². The lowest BCUT2D eigenvalue weighted by Gasteiger charge is -2.20. The molecule has 0 spiro atoms. The van der Waals surface area contributed by atoms with E-state index in [2.05, 4.69) is 114 Å². The van der Waals surface area contributed by atoms with E-state index in [1.807, 2.05) is 0 Å². The maximum absolute atomic E-state index is 2.48. The molecule has 0 aliphatic heterocycles. The van der Waals surface area contributed by atoms with E-state index in [9.17, 15) is 0 Å². The summed E-state index contributed by atoms with van der Waals surface area (Å²) in [5.74, 6) is 1.10. The zero-order chi connectivity index (χ0) is 20.2. The van der Waals surface area contributed by atoms with E-state index in [1.54, 1.807) is 0 Å². The molecule has 0 bridgehead atoms. The molecule has 0 unspecified atom stereocenters. The summed E-state index contributed by atoms with van der Waals surface area (Å²) in [6.45, 7) is 0. The normalized spacial score (nSPS) is 14.3. The van der Waals surface area contributed by atoms with Crippen LogP contribution in [0.25, 0.3) is 0 Å². The van der Waals surface area contributed by atoms with Crippen molar-refractivity contribution in [2.75, 3.05) is 4.43 Å². The SMILES string of the molecule is ICCCC1CCCCC1.c1ccc(P(c2ccccc2)c2ccccc2)cc1. The molecular weight excluding hydrogens is 482 g/mol. The fraction of sp³-hybridized carbons (Fsp3) is 0.333. The summed E-state index contributed by atoms with van der Waals surface area (Å²) >= 11 is 2.48. The first-order valence-corrected chi connectivity index (χ1v) is 13.8. The first kappa shape index (κ1) is 22.5. The molecule has 0 radical (unpaired) electrons. The summed E-state index contributed by atoms with van der Waals surface area (Å²) in [5.41, 5.74) is 0. The van der Waals surface area contributed by atoms with Gasteiger partial charge < -0.3 is 0 Å². The zero-order valence-electron chi connectivity index (χ0n) is 17.2. The molecule has 2 heteroatoms. The Morgan fingerprint density at radius 2 is 1.03 bits per heavy atom. The number of hydrogen-bond acceptors (Lipinski definition) is 0. The number of hydrogen-bond donors (Lipinski definition) is 0. The van der Waals surface area contributed by atoms with E-state index in [1.165, 1.54) is 65.3 Å². The minimum absolute atomic E-state index is 0.446. The van der Waals surface area contributed by atoms with Gasteiger partial charge in [0, 0.05) is 0 Å². The van der Waals surface area contributed by atoms with Crippen LogP contribution in [0.2, 0.25) is 0 Å². The first-order valence-electron chi connectivity index (χ1n) is 10.9. The monoisotopic (exact) mass is 514 g/mol. The standard InChI is InChI=1S/C18H15P.C9H17I/c1-4-10-16(11-5-1)19(17-12-6-2-7-13-17)18-14-8-3-9-15-18;10-8-4-7-9-5-2-1-3-6-9/h1-15H;9H,1-8H2. The largest absolute Gasteiger partial charge is 0.0864 e. The van der Waals surface area contributed by atoms with Crippen molar-refractivity contribution in [1.29, 1.82) is 0 Å². The maximum Gasteiger partial charge on any atom is -0.000463 e. The van der Waals surface area contributed by atoms with Gasteiger partial charge in [0.25, 0.3) is 0 Å². The molecular formula is C27H32IP. The predicted octanol–water partition coefficient (Wildman–Crippen LogP) is 7.23. The van der Waals surface area contributed by atoms with Gasteiger partial charge in [-0.2, -0.15) is 0 Å². The third-order valence-electron chi connectivity index (χ3n) is 5.51. The first-order chi connectivity index (χ1) is 14.4. The van der Waals surface area contributed by atoms with Gasteiger partial charge in [-0.05, 0) is 47.0 Å². The highest BCUT2D eigenvalue weighted by Crippen LogP contribution is 2.32. The molecule has 0 amide bonds. The Labute approximate surface area is 192 Å². The quantitative estimate of drug-likeness (QED) is 0.185. The summed E-state index contributed by atoms with van der Waals surface area (Å²) in [4.78, 5) is 0. The van der Waals surface area contributed by atoms with Crippen LogP contribution in [-0.2, 0) is 0 Å². The second-order valence-corrected chi connectivity index (χ2v) is 11.0. The van der Waals surface area contributed by atoms with Gasteiger partial charge in [0.2, 0.25) is 0 Å². The Morgan fingerprint density at radius 3 is 1.41 bits per heavy atom. The lowest BCUT2D eigenvalue weighted by molar-refractivity contribution is 0.338. The van der Waals surface area contributed by atoms with Gasteiger partial charge >= 0.3 is 0 Å². The van der Waals surface area contributed by atoms with Crippen LogP contribution < -0.4 is 15.9 Å². The number of benzene rings is 3. The molecule has 1 aliphatic rings. The zero-order valence-corrected chi connectivity index (χ0v) is 20.3. The average molecular weight is 514 g/mol. The van der Waals surface area contributed by atoms with Crippen LogP contribution in [0.4, 0.5) is 0 Å². The van der Waals surface area contributed by atoms with Crippen molar-refractivity contribution in [3.63, 3.8) is 0 Å². The number of alkyl halides is 1. The second-order valence-electron chi connectivity index (χ2n) is 7.68. The fourth-order valence-corrected chi connectivity index (χ4v) is 6.77. The Balaban J connectivity index is 0.000000204. The molecule has 1 fully saturated rings. The van der Waals surface area contributed by atoms with E-state index in [-0.39, 0.29) is 0 Å². The Kier molecular flexibility index (Phi) is 10.2. The summed E-state index contributed by atoms with van der Waals surface area (Å²) in [6, 6.07) is 32.3. The molecule has 0 nitrogen and oxygen atoms in total. The number of halogens is 1. The van der Waals surface area contributed by atoms with Gasteiger partial charge in [-0.15, -0.1) is 0 Å². The molecule has 1 aliphatic carbocycles. The van der Waals surface area contributed by atoms with Crippen molar-refractivity contribution >= 4 is 46.4 Å².